The van der Waals surface area contributed by atoms with Gasteiger partial charge in [0.15, 0.2) is 0 Å². The largest absolute Gasteiger partial charge is 0.469 e. The molecule has 0 aliphatic carbocycles. The summed E-state index contributed by atoms with van der Waals surface area (Å²) >= 11 is 6.52. The molecular formula is C7H15O4PS2. The minimum Gasteiger partial charge on any atom is -0.469 e. The van der Waals surface area contributed by atoms with Crippen molar-refractivity contribution in [1.82, 2.24) is 0 Å². The Balaban J connectivity index is 4.10. The van der Waals surface area contributed by atoms with Crippen molar-refractivity contribution >= 4 is 34.9 Å². The van der Waals surface area contributed by atoms with Crippen molar-refractivity contribution in [1.29, 1.82) is 0 Å². The average Bonchev–Trinajstić information content (AvgIpc) is 2.17. The van der Waals surface area contributed by atoms with Crippen LogP contribution in [0.1, 0.15) is 13.3 Å². The molecule has 0 aromatic carbocycles. The van der Waals surface area contributed by atoms with Gasteiger partial charge in [0.05, 0.1) is 13.5 Å². The normalized spacial score (nSPS) is 13.7. The Bertz CT molecular complexity index is 226. The molecule has 0 rings (SSSR count). The summed E-state index contributed by atoms with van der Waals surface area (Å²) in [7, 11) is 4.40. The van der Waals surface area contributed by atoms with Gasteiger partial charge < -0.3 is 13.8 Å². The van der Waals surface area contributed by atoms with Gasteiger partial charge in [0.1, 0.15) is 0 Å². The van der Waals surface area contributed by atoms with E-state index in [-0.39, 0.29) is 11.2 Å². The molecule has 0 spiro atoms. The molecule has 0 heterocycles. The van der Waals surface area contributed by atoms with Crippen LogP contribution in [0.2, 0.25) is 0 Å². The standard InChI is InChI=1S/C7H15O4PS2/c1-6(5-7(8)9-2)14-12(13,10-3)11-4/h6H,5H2,1-4H3. The maximum absolute atomic E-state index is 10.9. The van der Waals surface area contributed by atoms with Crippen LogP contribution in [0, 0.1) is 0 Å². The molecule has 0 aromatic rings. The molecular weight excluding hydrogens is 243 g/mol. The Kier molecular flexibility index (Phi) is 6.99. The van der Waals surface area contributed by atoms with Crippen LogP contribution in [0.5, 0.6) is 0 Å². The lowest BCUT2D eigenvalue weighted by molar-refractivity contribution is -0.140. The van der Waals surface area contributed by atoms with Gasteiger partial charge in [-0.15, -0.1) is 0 Å². The molecule has 0 fully saturated rings. The van der Waals surface area contributed by atoms with Gasteiger partial charge in [-0.1, -0.05) is 18.3 Å². The van der Waals surface area contributed by atoms with Gasteiger partial charge in [-0.05, 0) is 11.8 Å². The number of carbonyl (C=O) groups excluding carboxylic acids is 1. The Morgan fingerprint density at radius 3 is 2.29 bits per heavy atom. The maximum atomic E-state index is 10.9. The lowest BCUT2D eigenvalue weighted by Crippen LogP contribution is -2.08. The third kappa shape index (κ3) is 5.32. The number of esters is 1. The SMILES string of the molecule is COC(=O)CC(C)SP(=S)(OC)OC. The van der Waals surface area contributed by atoms with Crippen LogP contribution in [0.4, 0.5) is 0 Å². The summed E-state index contributed by atoms with van der Waals surface area (Å²) in [6, 6.07) is 0. The fraction of sp³-hybridized carbons (Fsp3) is 0.857. The molecule has 0 aromatic heterocycles. The van der Waals surface area contributed by atoms with Crippen LogP contribution >= 0.6 is 17.1 Å². The molecule has 0 aliphatic heterocycles. The lowest BCUT2D eigenvalue weighted by atomic mass is 10.3. The summed E-state index contributed by atoms with van der Waals surface area (Å²) in [5.41, 5.74) is -2.26. The van der Waals surface area contributed by atoms with Gasteiger partial charge in [-0.25, -0.2) is 0 Å². The van der Waals surface area contributed by atoms with E-state index in [0.717, 1.165) is 0 Å². The number of hydrogen-bond donors (Lipinski definition) is 0. The second kappa shape index (κ2) is 6.80. The monoisotopic (exact) mass is 258 g/mol. The Hall–Kier alpha value is 0.390. The van der Waals surface area contributed by atoms with Crippen molar-refractivity contribution in [2.45, 2.75) is 18.6 Å². The first kappa shape index (κ1) is 14.4. The zero-order chi connectivity index (χ0) is 11.2. The van der Waals surface area contributed by atoms with Crippen LogP contribution in [0.25, 0.3) is 0 Å². The Morgan fingerprint density at radius 1 is 1.43 bits per heavy atom. The van der Waals surface area contributed by atoms with E-state index in [0.29, 0.717) is 6.42 Å². The molecule has 0 amide bonds. The van der Waals surface area contributed by atoms with E-state index in [1.165, 1.54) is 32.7 Å². The molecule has 1 unspecified atom stereocenters. The van der Waals surface area contributed by atoms with Crippen LogP contribution < -0.4 is 0 Å². The van der Waals surface area contributed by atoms with Gasteiger partial charge in [0, 0.05) is 19.5 Å². The predicted octanol–water partition coefficient (Wildman–Crippen LogP) is 2.19. The second-order valence-electron chi connectivity index (χ2n) is 2.51. The van der Waals surface area contributed by atoms with E-state index in [4.69, 9.17) is 20.9 Å². The third-order valence-corrected chi connectivity index (χ3v) is 7.53. The molecule has 0 aliphatic rings. The Morgan fingerprint density at radius 2 is 1.93 bits per heavy atom. The zero-order valence-corrected chi connectivity index (χ0v) is 11.2. The van der Waals surface area contributed by atoms with Crippen molar-refractivity contribution in [3.63, 3.8) is 0 Å². The van der Waals surface area contributed by atoms with Crippen molar-refractivity contribution in [3.05, 3.63) is 0 Å². The highest BCUT2D eigenvalue weighted by atomic mass is 32.9. The van der Waals surface area contributed by atoms with Gasteiger partial charge in [0.25, 0.3) is 0 Å². The second-order valence-corrected chi connectivity index (χ2v) is 9.36. The quantitative estimate of drug-likeness (QED) is 0.537. The smallest absolute Gasteiger partial charge is 0.306 e. The van der Waals surface area contributed by atoms with E-state index >= 15 is 0 Å². The molecule has 4 nitrogen and oxygen atoms in total. The summed E-state index contributed by atoms with van der Waals surface area (Å²) < 4.78 is 14.7. The number of carbonyl (C=O) groups is 1. The first-order chi connectivity index (χ1) is 6.47. The predicted molar refractivity (Wildman–Crippen MR) is 62.0 cm³/mol. The van der Waals surface area contributed by atoms with Crippen molar-refractivity contribution in [3.8, 4) is 0 Å². The molecule has 0 saturated heterocycles. The highest BCUT2D eigenvalue weighted by Crippen LogP contribution is 2.61. The highest BCUT2D eigenvalue weighted by Gasteiger charge is 2.22. The molecule has 7 heteroatoms. The van der Waals surface area contributed by atoms with E-state index in [9.17, 15) is 4.79 Å². The first-order valence-corrected chi connectivity index (χ1v) is 8.06. The van der Waals surface area contributed by atoms with Crippen molar-refractivity contribution in [2.24, 2.45) is 0 Å². The van der Waals surface area contributed by atoms with Gasteiger partial charge >= 0.3 is 5.97 Å². The van der Waals surface area contributed by atoms with E-state index in [1.54, 1.807) is 0 Å². The summed E-state index contributed by atoms with van der Waals surface area (Å²) in [5.74, 6) is -0.251. The first-order valence-electron chi connectivity index (χ1n) is 3.94. The number of methoxy groups -OCH3 is 1. The van der Waals surface area contributed by atoms with E-state index < -0.39 is 5.69 Å². The van der Waals surface area contributed by atoms with Crippen molar-refractivity contribution in [2.75, 3.05) is 21.3 Å². The van der Waals surface area contributed by atoms with E-state index in [2.05, 4.69) is 4.74 Å². The van der Waals surface area contributed by atoms with Crippen LogP contribution in [0.3, 0.4) is 0 Å². The Labute approximate surface area is 93.6 Å². The fourth-order valence-electron chi connectivity index (χ4n) is 0.736. The number of rotatable bonds is 6. The fourth-order valence-corrected chi connectivity index (χ4v) is 5.09. The zero-order valence-electron chi connectivity index (χ0n) is 8.68. The topological polar surface area (TPSA) is 44.8 Å². The maximum Gasteiger partial charge on any atom is 0.306 e. The molecule has 0 saturated carbocycles. The number of hydrogen-bond acceptors (Lipinski definition) is 6. The van der Waals surface area contributed by atoms with Gasteiger partial charge in [-0.3, -0.25) is 4.79 Å². The third-order valence-electron chi connectivity index (χ3n) is 1.44. The van der Waals surface area contributed by atoms with Crippen LogP contribution in [0.15, 0.2) is 0 Å². The molecule has 0 N–H and O–H groups in total. The minimum absolute atomic E-state index is 0.0354. The van der Waals surface area contributed by atoms with Crippen LogP contribution in [-0.2, 0) is 30.4 Å². The molecule has 1 atom stereocenters. The minimum atomic E-state index is -2.26. The molecule has 84 valence electrons. The van der Waals surface area contributed by atoms with Gasteiger partial charge in [0.2, 0.25) is 5.69 Å². The number of ether oxygens (including phenoxy) is 1. The molecule has 0 bridgehead atoms. The van der Waals surface area contributed by atoms with Crippen LogP contribution in [-0.4, -0.2) is 32.5 Å². The molecule has 14 heavy (non-hydrogen) atoms. The highest BCUT2D eigenvalue weighted by molar-refractivity contribution is 8.68. The average molecular weight is 258 g/mol. The summed E-state index contributed by atoms with van der Waals surface area (Å²) in [6.45, 7) is 1.89. The summed E-state index contributed by atoms with van der Waals surface area (Å²) in [5, 5.41) is 0.0354. The summed E-state index contributed by atoms with van der Waals surface area (Å²) in [4.78, 5) is 10.9. The van der Waals surface area contributed by atoms with Gasteiger partial charge in [-0.2, -0.15) is 0 Å². The lowest BCUT2D eigenvalue weighted by Gasteiger charge is -2.20. The molecule has 0 radical (unpaired) electrons. The van der Waals surface area contributed by atoms with Crippen molar-refractivity contribution < 1.29 is 18.6 Å². The summed E-state index contributed by atoms with van der Waals surface area (Å²) in [6.07, 6.45) is 0.312. The van der Waals surface area contributed by atoms with E-state index in [1.807, 2.05) is 6.92 Å².